The fraction of sp³-hybridized carbons (Fsp3) is 0.148. The monoisotopic (exact) mass is 453 g/mol. The maximum atomic E-state index is 13.6. The molecule has 2 N–H and O–H groups in total. The van der Waals surface area contributed by atoms with Crippen LogP contribution in [0, 0.1) is 0 Å². The van der Waals surface area contributed by atoms with Crippen LogP contribution in [-0.2, 0) is 0 Å². The Morgan fingerprint density at radius 3 is 2.53 bits per heavy atom. The summed E-state index contributed by atoms with van der Waals surface area (Å²) in [5.74, 6) is -0.573. The molecular formula is C27H23N3O4. The van der Waals surface area contributed by atoms with Gasteiger partial charge in [-0.05, 0) is 61.3 Å². The predicted octanol–water partition coefficient (Wildman–Crippen LogP) is 4.31. The van der Waals surface area contributed by atoms with E-state index in [0.29, 0.717) is 46.2 Å². The minimum atomic E-state index is -0.312. The van der Waals surface area contributed by atoms with Crippen LogP contribution >= 0.6 is 0 Å². The number of likely N-dealkylation sites (N-methyl/N-ethyl adjacent to an activating group) is 1. The van der Waals surface area contributed by atoms with Crippen molar-refractivity contribution in [1.82, 2.24) is 9.80 Å². The van der Waals surface area contributed by atoms with Crippen LogP contribution in [-0.4, -0.2) is 65.2 Å². The lowest BCUT2D eigenvalue weighted by Gasteiger charge is -2.29. The molecular weight excluding hydrogens is 430 g/mol. The van der Waals surface area contributed by atoms with Crippen molar-refractivity contribution < 1.29 is 19.8 Å². The lowest BCUT2D eigenvalue weighted by molar-refractivity contribution is 0.0602. The van der Waals surface area contributed by atoms with E-state index in [0.717, 1.165) is 10.8 Å². The highest BCUT2D eigenvalue weighted by molar-refractivity contribution is 6.31. The first-order valence-electron chi connectivity index (χ1n) is 10.9. The fourth-order valence-electron chi connectivity index (χ4n) is 4.36. The number of benzene rings is 4. The molecule has 0 radical (unpaired) electrons. The summed E-state index contributed by atoms with van der Waals surface area (Å²) in [7, 11) is 3.80. The number of hydrogen-bond acceptors (Lipinski definition) is 6. The second-order valence-corrected chi connectivity index (χ2v) is 8.59. The summed E-state index contributed by atoms with van der Waals surface area (Å²) < 4.78 is 0. The van der Waals surface area contributed by atoms with E-state index in [9.17, 15) is 19.8 Å². The van der Waals surface area contributed by atoms with Crippen molar-refractivity contribution in [2.45, 2.75) is 0 Å². The van der Waals surface area contributed by atoms with E-state index in [4.69, 9.17) is 0 Å². The van der Waals surface area contributed by atoms with Gasteiger partial charge in [0.25, 0.3) is 11.8 Å². The maximum Gasteiger partial charge on any atom is 0.262 e. The third-order valence-electron chi connectivity index (χ3n) is 6.06. The highest BCUT2D eigenvalue weighted by atomic mass is 16.3. The Hall–Kier alpha value is -4.23. The van der Waals surface area contributed by atoms with Crippen molar-refractivity contribution in [3.8, 4) is 11.5 Å². The minimum absolute atomic E-state index is 0.00260. The second kappa shape index (κ2) is 8.28. The molecule has 1 heterocycles. The average Bonchev–Trinajstić information content (AvgIpc) is 2.81. The van der Waals surface area contributed by atoms with Crippen molar-refractivity contribution in [2.75, 3.05) is 27.2 Å². The Labute approximate surface area is 196 Å². The van der Waals surface area contributed by atoms with Crippen LogP contribution in [0.15, 0.2) is 65.7 Å². The molecule has 4 aromatic carbocycles. The Morgan fingerprint density at radius 1 is 0.941 bits per heavy atom. The molecule has 170 valence electrons. The van der Waals surface area contributed by atoms with Crippen molar-refractivity contribution in [3.63, 3.8) is 0 Å². The standard InChI is InChI=1S/C27H23N3O4/c1-29(2)11-12-30-26(33)20-7-3-5-16-14-21-19(25(24(16)20)27(30)34)6-4-8-22(21)28-15-17-13-18(31)9-10-23(17)32/h3-10,13-15,31-32H,11-12H2,1-2H3/b28-15+. The highest BCUT2D eigenvalue weighted by Gasteiger charge is 2.34. The van der Waals surface area contributed by atoms with Crippen LogP contribution in [0.25, 0.3) is 21.5 Å². The molecule has 0 bridgehead atoms. The number of aromatic hydroxyl groups is 2. The van der Waals surface area contributed by atoms with E-state index in [1.54, 1.807) is 6.07 Å². The van der Waals surface area contributed by atoms with Gasteiger partial charge in [-0.15, -0.1) is 0 Å². The molecule has 5 rings (SSSR count). The first kappa shape index (κ1) is 21.6. The van der Waals surface area contributed by atoms with Crippen molar-refractivity contribution in [3.05, 3.63) is 77.4 Å². The van der Waals surface area contributed by atoms with Crippen LogP contribution in [0.4, 0.5) is 5.69 Å². The minimum Gasteiger partial charge on any atom is -0.508 e. The number of carbonyl (C=O) groups is 2. The Morgan fingerprint density at radius 2 is 1.74 bits per heavy atom. The van der Waals surface area contributed by atoms with E-state index in [2.05, 4.69) is 4.99 Å². The molecule has 0 saturated carbocycles. The predicted molar refractivity (Wildman–Crippen MR) is 132 cm³/mol. The molecule has 7 heteroatoms. The number of phenolic OH excluding ortho intramolecular Hbond substituents is 2. The number of hydrogen-bond donors (Lipinski definition) is 2. The van der Waals surface area contributed by atoms with Crippen molar-refractivity contribution in [2.24, 2.45) is 4.99 Å². The molecule has 1 aliphatic heterocycles. The third-order valence-corrected chi connectivity index (χ3v) is 6.06. The van der Waals surface area contributed by atoms with E-state index >= 15 is 0 Å². The summed E-state index contributed by atoms with van der Waals surface area (Å²) in [6.07, 6.45) is 1.48. The average molecular weight is 453 g/mol. The van der Waals surface area contributed by atoms with E-state index in [1.165, 1.54) is 29.3 Å². The van der Waals surface area contributed by atoms with Gasteiger partial charge in [0.2, 0.25) is 0 Å². The molecule has 0 atom stereocenters. The zero-order chi connectivity index (χ0) is 24.0. The number of aliphatic imine (C=N–C) groups is 1. The zero-order valence-corrected chi connectivity index (χ0v) is 18.8. The number of phenols is 2. The molecule has 0 saturated heterocycles. The van der Waals surface area contributed by atoms with Gasteiger partial charge in [-0.1, -0.05) is 24.3 Å². The maximum absolute atomic E-state index is 13.6. The number of nitrogens with zero attached hydrogens (tertiary/aromatic N) is 3. The van der Waals surface area contributed by atoms with Gasteiger partial charge in [0.15, 0.2) is 0 Å². The Balaban J connectivity index is 1.71. The van der Waals surface area contributed by atoms with E-state index < -0.39 is 0 Å². The normalized spacial score (nSPS) is 13.7. The molecule has 0 spiro atoms. The highest BCUT2D eigenvalue weighted by Crippen LogP contribution is 2.39. The van der Waals surface area contributed by atoms with Crippen LogP contribution in [0.1, 0.15) is 26.3 Å². The second-order valence-electron chi connectivity index (χ2n) is 8.59. The van der Waals surface area contributed by atoms with Gasteiger partial charge >= 0.3 is 0 Å². The number of amides is 2. The quantitative estimate of drug-likeness (QED) is 0.203. The molecule has 7 nitrogen and oxygen atoms in total. The molecule has 0 fully saturated rings. The van der Waals surface area contributed by atoms with Gasteiger partial charge in [0, 0.05) is 41.2 Å². The largest absolute Gasteiger partial charge is 0.508 e. The number of imide groups is 1. The Kier molecular flexibility index (Phi) is 5.26. The van der Waals surface area contributed by atoms with Crippen molar-refractivity contribution in [1.29, 1.82) is 0 Å². The van der Waals surface area contributed by atoms with Gasteiger partial charge in [-0.2, -0.15) is 0 Å². The molecule has 4 aromatic rings. The van der Waals surface area contributed by atoms with Gasteiger partial charge < -0.3 is 15.1 Å². The summed E-state index contributed by atoms with van der Waals surface area (Å²) in [5, 5.41) is 22.7. The molecule has 0 unspecified atom stereocenters. The van der Waals surface area contributed by atoms with E-state index in [1.807, 2.05) is 55.4 Å². The lowest BCUT2D eigenvalue weighted by atomic mass is 9.89. The third kappa shape index (κ3) is 3.56. The Bertz CT molecular complexity index is 1510. The van der Waals surface area contributed by atoms with Gasteiger partial charge in [0.1, 0.15) is 11.5 Å². The fourth-order valence-corrected chi connectivity index (χ4v) is 4.36. The van der Waals surface area contributed by atoms with Crippen LogP contribution < -0.4 is 0 Å². The lowest BCUT2D eigenvalue weighted by Crippen LogP contribution is -2.43. The van der Waals surface area contributed by atoms with E-state index in [-0.39, 0.29) is 23.3 Å². The number of fused-ring (bicyclic) bond motifs is 2. The summed E-state index contributed by atoms with van der Waals surface area (Å²) in [4.78, 5) is 34.6. The van der Waals surface area contributed by atoms with Gasteiger partial charge in [-0.25, -0.2) is 0 Å². The zero-order valence-electron chi connectivity index (χ0n) is 18.8. The SMILES string of the molecule is CN(C)CCN1C(=O)c2cccc3cc4c(/N=C/c5cc(O)ccc5O)cccc4c(c23)C1=O. The first-order valence-corrected chi connectivity index (χ1v) is 10.9. The summed E-state index contributed by atoms with van der Waals surface area (Å²) in [5.41, 5.74) is 2.00. The topological polar surface area (TPSA) is 93.4 Å². The summed E-state index contributed by atoms with van der Waals surface area (Å²) >= 11 is 0. The molecule has 2 amide bonds. The van der Waals surface area contributed by atoms with Gasteiger partial charge in [0.05, 0.1) is 11.3 Å². The van der Waals surface area contributed by atoms with Crippen LogP contribution in [0.2, 0.25) is 0 Å². The smallest absolute Gasteiger partial charge is 0.262 e. The van der Waals surface area contributed by atoms with Crippen LogP contribution in [0.5, 0.6) is 11.5 Å². The molecule has 1 aliphatic rings. The summed E-state index contributed by atoms with van der Waals surface area (Å²) in [6, 6.07) is 17.1. The first-order chi connectivity index (χ1) is 16.3. The summed E-state index contributed by atoms with van der Waals surface area (Å²) in [6.45, 7) is 0.863. The molecule has 0 aliphatic carbocycles. The van der Waals surface area contributed by atoms with Gasteiger partial charge in [-0.3, -0.25) is 19.5 Å². The van der Waals surface area contributed by atoms with Crippen molar-refractivity contribution >= 4 is 45.3 Å². The number of rotatable bonds is 5. The van der Waals surface area contributed by atoms with Crippen LogP contribution in [0.3, 0.4) is 0 Å². The number of carbonyl (C=O) groups excluding carboxylic acids is 2. The molecule has 34 heavy (non-hydrogen) atoms. The molecule has 0 aromatic heterocycles.